The molecular weight excluding hydrogens is 657 g/mol. The van der Waals surface area contributed by atoms with Gasteiger partial charge in [-0.1, -0.05) is 48.5 Å². The Balaban J connectivity index is 1.25. The van der Waals surface area contributed by atoms with Gasteiger partial charge in [-0.25, -0.2) is 4.98 Å². The van der Waals surface area contributed by atoms with Crippen LogP contribution >= 0.6 is 23.1 Å². The van der Waals surface area contributed by atoms with Gasteiger partial charge in [-0.05, 0) is 42.5 Å². The maximum atomic E-state index is 13.4. The van der Waals surface area contributed by atoms with Crippen LogP contribution < -0.4 is 16.0 Å². The van der Waals surface area contributed by atoms with E-state index in [-0.39, 0.29) is 39.9 Å². The van der Waals surface area contributed by atoms with E-state index in [1.54, 1.807) is 78.2 Å². The molecule has 5 aromatic rings. The summed E-state index contributed by atoms with van der Waals surface area (Å²) < 4.78 is 0. The predicted octanol–water partition coefficient (Wildman–Crippen LogP) is 6.77. The molecule has 3 N–H and O–H groups in total. The maximum Gasteiger partial charge on any atom is 0.276 e. The number of anilines is 2. The highest BCUT2D eigenvalue weighted by atomic mass is 32.2. The summed E-state index contributed by atoms with van der Waals surface area (Å²) in [6.07, 6.45) is 1.24. The highest BCUT2D eigenvalue weighted by Gasteiger charge is 2.19. The monoisotopic (exact) mass is 680 g/mol. The molecule has 1 heterocycles. The van der Waals surface area contributed by atoms with Crippen molar-refractivity contribution in [3.63, 3.8) is 0 Å². The lowest BCUT2D eigenvalue weighted by Gasteiger charge is -2.12. The molecule has 0 saturated heterocycles. The summed E-state index contributed by atoms with van der Waals surface area (Å²) in [5.41, 5.74) is 1.27. The van der Waals surface area contributed by atoms with Gasteiger partial charge in [-0.3, -0.25) is 34.6 Å². The number of carbonyl (C=O) groups excluding carboxylic acids is 3. The largest absolute Gasteiger partial charge is 0.321 e. The molecule has 4 aromatic carbocycles. The summed E-state index contributed by atoms with van der Waals surface area (Å²) in [5.74, 6) is -1.63. The van der Waals surface area contributed by atoms with Gasteiger partial charge in [0, 0.05) is 45.3 Å². The third-order valence-corrected chi connectivity index (χ3v) is 8.28. The van der Waals surface area contributed by atoms with E-state index in [4.69, 9.17) is 0 Å². The Morgan fingerprint density at radius 2 is 1.58 bits per heavy atom. The predicted molar refractivity (Wildman–Crippen MR) is 184 cm³/mol. The zero-order valence-electron chi connectivity index (χ0n) is 24.7. The second-order valence-electron chi connectivity index (χ2n) is 9.86. The van der Waals surface area contributed by atoms with Gasteiger partial charge in [0.15, 0.2) is 5.13 Å². The number of aromatic nitrogens is 1. The van der Waals surface area contributed by atoms with Crippen LogP contribution in [0, 0.1) is 20.2 Å². The van der Waals surface area contributed by atoms with Crippen LogP contribution in [-0.4, -0.2) is 38.3 Å². The minimum atomic E-state index is -0.722. The molecule has 3 amide bonds. The molecule has 0 bridgehead atoms. The summed E-state index contributed by atoms with van der Waals surface area (Å²) in [7, 11) is 0. The van der Waals surface area contributed by atoms with Gasteiger partial charge in [0.1, 0.15) is 5.70 Å². The lowest BCUT2D eigenvalue weighted by atomic mass is 10.1. The third kappa shape index (κ3) is 8.74. The second-order valence-corrected chi connectivity index (χ2v) is 11.8. The molecule has 0 radical (unpaired) electrons. The van der Waals surface area contributed by atoms with Gasteiger partial charge >= 0.3 is 0 Å². The van der Waals surface area contributed by atoms with Gasteiger partial charge in [-0.15, -0.1) is 23.1 Å². The van der Waals surface area contributed by atoms with Crippen LogP contribution in [0.1, 0.15) is 15.9 Å². The minimum Gasteiger partial charge on any atom is -0.321 e. The van der Waals surface area contributed by atoms with Crippen molar-refractivity contribution >= 4 is 69.1 Å². The second kappa shape index (κ2) is 15.4. The van der Waals surface area contributed by atoms with E-state index in [9.17, 15) is 34.6 Å². The van der Waals surface area contributed by atoms with E-state index in [0.717, 1.165) is 0 Å². The molecule has 0 atom stereocenters. The van der Waals surface area contributed by atoms with Crippen molar-refractivity contribution in [2.45, 2.75) is 4.90 Å². The zero-order valence-corrected chi connectivity index (χ0v) is 26.3. The van der Waals surface area contributed by atoms with Gasteiger partial charge in [0.25, 0.3) is 23.2 Å². The molecule has 0 spiro atoms. The van der Waals surface area contributed by atoms with Crippen LogP contribution in [0.5, 0.6) is 0 Å². The van der Waals surface area contributed by atoms with E-state index < -0.39 is 21.7 Å². The molecule has 240 valence electrons. The Morgan fingerprint density at radius 3 is 2.35 bits per heavy atom. The number of non-ortho nitro benzene ring substituents is 1. The molecule has 48 heavy (non-hydrogen) atoms. The number of carbonyl (C=O) groups is 3. The molecule has 0 unspecified atom stereocenters. The van der Waals surface area contributed by atoms with Crippen molar-refractivity contribution in [3.8, 4) is 11.3 Å². The normalized spacial score (nSPS) is 11.0. The van der Waals surface area contributed by atoms with Gasteiger partial charge < -0.3 is 16.0 Å². The molecule has 1 aromatic heterocycles. The van der Waals surface area contributed by atoms with E-state index in [2.05, 4.69) is 20.9 Å². The first kappa shape index (κ1) is 33.2. The Bertz CT molecular complexity index is 2050. The average Bonchev–Trinajstić information content (AvgIpc) is 3.56. The smallest absolute Gasteiger partial charge is 0.276 e. The Kier molecular flexibility index (Phi) is 10.6. The summed E-state index contributed by atoms with van der Waals surface area (Å²) in [4.78, 5) is 65.6. The number of benzene rings is 4. The highest BCUT2D eigenvalue weighted by Crippen LogP contribution is 2.28. The van der Waals surface area contributed by atoms with E-state index in [1.807, 2.05) is 0 Å². The van der Waals surface area contributed by atoms with E-state index in [1.165, 1.54) is 59.5 Å². The first-order valence-electron chi connectivity index (χ1n) is 14.0. The number of hydrogen-bond donors (Lipinski definition) is 3. The molecule has 13 nitrogen and oxygen atoms in total. The molecular formula is C33H24N6O7S2. The van der Waals surface area contributed by atoms with Crippen molar-refractivity contribution in [1.82, 2.24) is 10.3 Å². The molecule has 0 fully saturated rings. The van der Waals surface area contributed by atoms with Gasteiger partial charge in [0.2, 0.25) is 5.91 Å². The van der Waals surface area contributed by atoms with Crippen LogP contribution in [0.25, 0.3) is 17.3 Å². The number of rotatable bonds is 12. The number of nitro benzene ring substituents is 2. The Labute approximate surface area is 281 Å². The lowest BCUT2D eigenvalue weighted by molar-refractivity contribution is -0.385. The van der Waals surface area contributed by atoms with Crippen LogP contribution in [0.15, 0.2) is 119 Å². The topological polar surface area (TPSA) is 186 Å². The minimum absolute atomic E-state index is 0.0130. The molecule has 0 aliphatic rings. The van der Waals surface area contributed by atoms with Crippen LogP contribution in [0.3, 0.4) is 0 Å². The van der Waals surface area contributed by atoms with E-state index in [0.29, 0.717) is 27.0 Å². The number of thiazole rings is 1. The van der Waals surface area contributed by atoms with Crippen molar-refractivity contribution in [2.24, 2.45) is 0 Å². The molecule has 5 rings (SSSR count). The van der Waals surface area contributed by atoms with Crippen molar-refractivity contribution in [1.29, 1.82) is 0 Å². The number of nitro groups is 2. The van der Waals surface area contributed by atoms with Crippen molar-refractivity contribution in [3.05, 3.63) is 146 Å². The van der Waals surface area contributed by atoms with Crippen LogP contribution in [-0.2, 0) is 9.59 Å². The summed E-state index contributed by atoms with van der Waals surface area (Å²) >= 11 is 2.38. The number of para-hydroxylation sites is 1. The summed E-state index contributed by atoms with van der Waals surface area (Å²) in [6.45, 7) is 0. The molecule has 0 aliphatic carbocycles. The van der Waals surface area contributed by atoms with Crippen LogP contribution in [0.4, 0.5) is 22.2 Å². The fraction of sp³-hybridized carbons (Fsp3) is 0.0303. The number of nitrogens with one attached hydrogen (secondary N) is 3. The fourth-order valence-corrected chi connectivity index (χ4v) is 5.77. The first-order chi connectivity index (χ1) is 23.2. The number of hydrogen-bond acceptors (Lipinski definition) is 10. The SMILES string of the molecule is O=C(CSc1cccc(NC(=O)/C(=C\c2ccccc2[N+](=O)[O-])NC(=O)c2ccccc2)c1)Nc1nc(-c2cccc([N+](=O)[O-])c2)cs1. The quantitative estimate of drug-likeness (QED) is 0.0553. The third-order valence-electron chi connectivity index (χ3n) is 6.53. The highest BCUT2D eigenvalue weighted by molar-refractivity contribution is 8.00. The van der Waals surface area contributed by atoms with Gasteiger partial charge in [0.05, 0.1) is 26.9 Å². The molecule has 15 heteroatoms. The Hall–Kier alpha value is -6.19. The fourth-order valence-electron chi connectivity index (χ4n) is 4.28. The number of nitrogens with zero attached hydrogens (tertiary/aromatic N) is 3. The van der Waals surface area contributed by atoms with Crippen molar-refractivity contribution < 1.29 is 24.2 Å². The van der Waals surface area contributed by atoms with Crippen LogP contribution in [0.2, 0.25) is 0 Å². The first-order valence-corrected chi connectivity index (χ1v) is 15.9. The lowest BCUT2D eigenvalue weighted by Crippen LogP contribution is -2.30. The van der Waals surface area contributed by atoms with Gasteiger partial charge in [-0.2, -0.15) is 0 Å². The maximum absolute atomic E-state index is 13.4. The zero-order chi connectivity index (χ0) is 34.0. The van der Waals surface area contributed by atoms with Crippen molar-refractivity contribution in [2.75, 3.05) is 16.4 Å². The summed E-state index contributed by atoms with van der Waals surface area (Å²) in [6, 6.07) is 26.8. The standard InChI is InChI=1S/C33H24N6O7S2/c40-30(37-33-36-28(19-48-33)22-11-6-13-25(16-22)38(43)44)20-47-26-14-7-12-24(18-26)34-32(42)27(35-31(41)21-8-2-1-3-9-21)17-23-10-4-5-15-29(23)39(45)46/h1-19H,20H2,(H,34,42)(H,35,41)(H,36,37,40)/b27-17+. The molecule has 0 aliphatic heterocycles. The molecule has 0 saturated carbocycles. The van der Waals surface area contributed by atoms with E-state index >= 15 is 0 Å². The number of amides is 3. The summed E-state index contributed by atoms with van der Waals surface area (Å²) in [5, 5.41) is 32.7. The number of thioether (sulfide) groups is 1. The Morgan fingerprint density at radius 1 is 0.833 bits per heavy atom. The average molecular weight is 681 g/mol.